The Morgan fingerprint density at radius 3 is 2.79 bits per heavy atom. The summed E-state index contributed by atoms with van der Waals surface area (Å²) in [6.45, 7) is 2.29. The summed E-state index contributed by atoms with van der Waals surface area (Å²) in [5.41, 5.74) is 3.09. The van der Waals surface area contributed by atoms with Crippen molar-refractivity contribution in [1.82, 2.24) is 29.6 Å². The van der Waals surface area contributed by atoms with E-state index < -0.39 is 0 Å². The van der Waals surface area contributed by atoms with Crippen LogP contribution in [0.1, 0.15) is 11.3 Å². The molecular formula is C17H14N6O. The number of pyridine rings is 1. The zero-order valence-corrected chi connectivity index (χ0v) is 13.0. The Kier molecular flexibility index (Phi) is 3.38. The zero-order valence-electron chi connectivity index (χ0n) is 13.0. The van der Waals surface area contributed by atoms with Gasteiger partial charge in [-0.2, -0.15) is 4.80 Å². The van der Waals surface area contributed by atoms with Crippen molar-refractivity contribution in [3.05, 3.63) is 76.3 Å². The second kappa shape index (κ2) is 5.69. The Bertz CT molecular complexity index is 1080. The molecule has 0 atom stereocenters. The van der Waals surface area contributed by atoms with E-state index in [1.54, 1.807) is 18.3 Å². The maximum atomic E-state index is 12.1. The molecule has 0 saturated heterocycles. The number of rotatable bonds is 3. The normalized spacial score (nSPS) is 11.0. The molecule has 3 heterocycles. The van der Waals surface area contributed by atoms with Gasteiger partial charge in [0.15, 0.2) is 0 Å². The van der Waals surface area contributed by atoms with E-state index >= 15 is 0 Å². The number of aromatic nitrogens is 6. The number of aryl methyl sites for hydroxylation is 1. The number of fused-ring (bicyclic) bond motifs is 1. The molecule has 0 saturated carbocycles. The van der Waals surface area contributed by atoms with Crippen molar-refractivity contribution in [2.24, 2.45) is 0 Å². The zero-order chi connectivity index (χ0) is 16.5. The van der Waals surface area contributed by atoms with E-state index in [0.29, 0.717) is 23.7 Å². The molecule has 0 spiro atoms. The molecule has 0 unspecified atom stereocenters. The van der Waals surface area contributed by atoms with Crippen LogP contribution in [-0.4, -0.2) is 29.6 Å². The van der Waals surface area contributed by atoms with Gasteiger partial charge in [0, 0.05) is 17.8 Å². The Hall–Kier alpha value is -3.35. The van der Waals surface area contributed by atoms with Crippen molar-refractivity contribution < 1.29 is 0 Å². The van der Waals surface area contributed by atoms with Crippen LogP contribution in [0.5, 0.6) is 0 Å². The van der Waals surface area contributed by atoms with Crippen LogP contribution >= 0.6 is 0 Å². The predicted molar refractivity (Wildman–Crippen MR) is 88.6 cm³/mol. The maximum Gasteiger partial charge on any atom is 0.258 e. The number of benzene rings is 1. The lowest BCUT2D eigenvalue weighted by atomic mass is 10.1. The third kappa shape index (κ3) is 2.56. The summed E-state index contributed by atoms with van der Waals surface area (Å²) in [6, 6.07) is 14.8. The van der Waals surface area contributed by atoms with E-state index in [2.05, 4.69) is 20.4 Å². The highest BCUT2D eigenvalue weighted by atomic mass is 16.1. The molecule has 1 aromatic carbocycles. The molecule has 0 amide bonds. The van der Waals surface area contributed by atoms with Gasteiger partial charge in [-0.25, -0.2) is 4.98 Å². The standard InChI is InChI=1S/C17H14N6O/c1-12-6-2-3-7-14(12)17-19-21-23(20-17)11-13-10-16(24)22-9-5-4-8-15(22)18-13/h2-10H,11H2,1H3. The second-order valence-electron chi connectivity index (χ2n) is 5.47. The van der Waals surface area contributed by atoms with Crippen LogP contribution < -0.4 is 5.56 Å². The molecule has 0 aliphatic carbocycles. The molecule has 0 bridgehead atoms. The van der Waals surface area contributed by atoms with E-state index in [1.807, 2.05) is 37.3 Å². The number of tetrazole rings is 1. The van der Waals surface area contributed by atoms with Gasteiger partial charge in [-0.15, -0.1) is 10.2 Å². The summed E-state index contributed by atoms with van der Waals surface area (Å²) in [6.07, 6.45) is 1.69. The van der Waals surface area contributed by atoms with E-state index in [4.69, 9.17) is 0 Å². The first-order chi connectivity index (χ1) is 11.7. The Balaban J connectivity index is 1.67. The maximum absolute atomic E-state index is 12.1. The molecule has 3 aromatic heterocycles. The molecule has 0 radical (unpaired) electrons. The summed E-state index contributed by atoms with van der Waals surface area (Å²) >= 11 is 0. The molecule has 24 heavy (non-hydrogen) atoms. The molecule has 4 rings (SSSR count). The minimum Gasteiger partial charge on any atom is -0.269 e. The number of hydrogen-bond acceptors (Lipinski definition) is 5. The van der Waals surface area contributed by atoms with Crippen molar-refractivity contribution in [2.75, 3.05) is 0 Å². The monoisotopic (exact) mass is 318 g/mol. The van der Waals surface area contributed by atoms with Crippen molar-refractivity contribution in [1.29, 1.82) is 0 Å². The second-order valence-corrected chi connectivity index (χ2v) is 5.47. The van der Waals surface area contributed by atoms with Crippen LogP contribution in [0.25, 0.3) is 17.0 Å². The third-order valence-electron chi connectivity index (χ3n) is 3.77. The third-order valence-corrected chi connectivity index (χ3v) is 3.77. The molecule has 0 N–H and O–H groups in total. The average Bonchev–Trinajstić information content (AvgIpc) is 3.03. The minimum atomic E-state index is -0.130. The molecule has 0 fully saturated rings. The first-order valence-electron chi connectivity index (χ1n) is 7.52. The van der Waals surface area contributed by atoms with Gasteiger partial charge in [-0.3, -0.25) is 9.20 Å². The molecule has 0 aliphatic heterocycles. The lowest BCUT2D eigenvalue weighted by molar-refractivity contribution is 0.564. The lowest BCUT2D eigenvalue weighted by Gasteiger charge is -2.03. The van der Waals surface area contributed by atoms with Gasteiger partial charge in [0.2, 0.25) is 5.82 Å². The van der Waals surface area contributed by atoms with E-state index in [1.165, 1.54) is 15.3 Å². The van der Waals surface area contributed by atoms with Gasteiger partial charge in [0.1, 0.15) is 12.2 Å². The van der Waals surface area contributed by atoms with E-state index in [9.17, 15) is 4.79 Å². The van der Waals surface area contributed by atoms with E-state index in [0.717, 1.165) is 11.1 Å². The summed E-state index contributed by atoms with van der Waals surface area (Å²) in [7, 11) is 0. The van der Waals surface area contributed by atoms with Crippen LogP contribution in [-0.2, 0) is 6.54 Å². The smallest absolute Gasteiger partial charge is 0.258 e. The van der Waals surface area contributed by atoms with Gasteiger partial charge in [0.25, 0.3) is 5.56 Å². The van der Waals surface area contributed by atoms with Crippen LogP contribution in [0.4, 0.5) is 0 Å². The first kappa shape index (κ1) is 14.3. The first-order valence-corrected chi connectivity index (χ1v) is 7.52. The summed E-state index contributed by atoms with van der Waals surface area (Å²) in [4.78, 5) is 18.0. The SMILES string of the molecule is Cc1ccccc1-c1nnn(Cc2cc(=O)n3ccccc3n2)n1. The van der Waals surface area contributed by atoms with Crippen molar-refractivity contribution >= 4 is 5.65 Å². The summed E-state index contributed by atoms with van der Waals surface area (Å²) in [5.74, 6) is 0.561. The Labute approximate surface area is 137 Å². The van der Waals surface area contributed by atoms with Crippen molar-refractivity contribution in [3.8, 4) is 11.4 Å². The van der Waals surface area contributed by atoms with E-state index in [-0.39, 0.29) is 5.56 Å². The molecule has 118 valence electrons. The lowest BCUT2D eigenvalue weighted by Crippen LogP contribution is -2.17. The van der Waals surface area contributed by atoms with Crippen molar-refractivity contribution in [2.45, 2.75) is 13.5 Å². The highest BCUT2D eigenvalue weighted by Crippen LogP contribution is 2.17. The Morgan fingerprint density at radius 2 is 1.92 bits per heavy atom. The highest BCUT2D eigenvalue weighted by Gasteiger charge is 2.10. The highest BCUT2D eigenvalue weighted by molar-refractivity contribution is 5.58. The fraction of sp³-hybridized carbons (Fsp3) is 0.118. The van der Waals surface area contributed by atoms with Gasteiger partial charge >= 0.3 is 0 Å². The molecule has 7 nitrogen and oxygen atoms in total. The van der Waals surface area contributed by atoms with Crippen LogP contribution in [0.3, 0.4) is 0 Å². The van der Waals surface area contributed by atoms with Gasteiger partial charge < -0.3 is 0 Å². The fourth-order valence-electron chi connectivity index (χ4n) is 2.57. The van der Waals surface area contributed by atoms with Gasteiger partial charge in [0.05, 0.1) is 5.69 Å². The Morgan fingerprint density at radius 1 is 1.08 bits per heavy atom. The minimum absolute atomic E-state index is 0.130. The van der Waals surface area contributed by atoms with Gasteiger partial charge in [-0.05, 0) is 29.8 Å². The van der Waals surface area contributed by atoms with Crippen LogP contribution in [0.2, 0.25) is 0 Å². The number of hydrogen-bond donors (Lipinski definition) is 0. The predicted octanol–water partition coefficient (Wildman–Crippen LogP) is 1.70. The van der Waals surface area contributed by atoms with Crippen LogP contribution in [0.15, 0.2) is 59.5 Å². The molecular weight excluding hydrogens is 304 g/mol. The van der Waals surface area contributed by atoms with Crippen molar-refractivity contribution in [3.63, 3.8) is 0 Å². The summed E-state index contributed by atoms with van der Waals surface area (Å²) in [5, 5.41) is 12.6. The van der Waals surface area contributed by atoms with Gasteiger partial charge in [-0.1, -0.05) is 30.3 Å². The van der Waals surface area contributed by atoms with Crippen LogP contribution in [0, 0.1) is 6.92 Å². The quantitative estimate of drug-likeness (QED) is 0.574. The largest absolute Gasteiger partial charge is 0.269 e. The summed E-state index contributed by atoms with van der Waals surface area (Å²) < 4.78 is 1.50. The fourth-order valence-corrected chi connectivity index (χ4v) is 2.57. The average molecular weight is 318 g/mol. The molecule has 4 aromatic rings. The molecule has 7 heteroatoms. The molecule has 0 aliphatic rings. The number of nitrogens with zero attached hydrogens (tertiary/aromatic N) is 6. The topological polar surface area (TPSA) is 78.0 Å².